The Labute approximate surface area is 165 Å². The van der Waals surface area contributed by atoms with Gasteiger partial charge in [-0.2, -0.15) is 5.10 Å². The first-order chi connectivity index (χ1) is 13.1. The Morgan fingerprint density at radius 3 is 2.81 bits per heavy atom. The average molecular weight is 393 g/mol. The molecule has 0 aromatic carbocycles. The summed E-state index contributed by atoms with van der Waals surface area (Å²) in [5.74, 6) is -0.152. The van der Waals surface area contributed by atoms with E-state index in [-0.39, 0.29) is 11.9 Å². The van der Waals surface area contributed by atoms with Gasteiger partial charge in [0.25, 0.3) is 5.91 Å². The second kappa shape index (κ2) is 9.51. The Balaban J connectivity index is 1.49. The molecule has 7 heteroatoms. The molecule has 0 spiro atoms. The summed E-state index contributed by atoms with van der Waals surface area (Å²) in [4.78, 5) is 17.0. The van der Waals surface area contributed by atoms with Crippen molar-refractivity contribution in [2.24, 2.45) is 0 Å². The number of hydrogen-bond acceptors (Lipinski definition) is 4. The number of carbonyl (C=O) groups is 1. The predicted molar refractivity (Wildman–Crippen MR) is 106 cm³/mol. The number of imidazole rings is 1. The maximum absolute atomic E-state index is 12.7. The molecular formula is C20H29ClN4O2. The minimum Gasteiger partial charge on any atom is -0.378 e. The molecule has 2 aromatic rings. The number of ether oxygens (including phenoxy) is 1. The molecule has 1 N–H and O–H groups in total. The fourth-order valence-corrected chi connectivity index (χ4v) is 3.89. The summed E-state index contributed by atoms with van der Waals surface area (Å²) in [5, 5.41) is 7.69. The number of fused-ring (bicyclic) bond motifs is 1. The van der Waals surface area contributed by atoms with Gasteiger partial charge in [-0.15, -0.1) is 0 Å². The highest BCUT2D eigenvalue weighted by molar-refractivity contribution is 6.29. The lowest BCUT2D eigenvalue weighted by molar-refractivity contribution is 0.0203. The second-order valence-corrected chi connectivity index (χ2v) is 7.79. The van der Waals surface area contributed by atoms with E-state index in [1.165, 1.54) is 23.8 Å². The number of halogens is 1. The van der Waals surface area contributed by atoms with E-state index in [2.05, 4.69) is 22.3 Å². The van der Waals surface area contributed by atoms with Gasteiger partial charge in [0, 0.05) is 12.6 Å². The first-order valence-corrected chi connectivity index (χ1v) is 10.4. The fourth-order valence-electron chi connectivity index (χ4n) is 3.65. The van der Waals surface area contributed by atoms with Crippen molar-refractivity contribution in [3.63, 3.8) is 0 Å². The normalized spacial score (nSPS) is 20.1. The molecule has 1 fully saturated rings. The Morgan fingerprint density at radius 1 is 1.30 bits per heavy atom. The molecule has 6 nitrogen and oxygen atoms in total. The Bertz CT molecular complexity index is 769. The van der Waals surface area contributed by atoms with Crippen molar-refractivity contribution in [3.05, 3.63) is 28.7 Å². The van der Waals surface area contributed by atoms with Crippen molar-refractivity contribution in [2.45, 2.75) is 77.4 Å². The van der Waals surface area contributed by atoms with Crippen LogP contribution in [-0.2, 0) is 4.74 Å². The predicted octanol–water partition coefficient (Wildman–Crippen LogP) is 4.33. The van der Waals surface area contributed by atoms with Gasteiger partial charge in [-0.05, 0) is 50.7 Å². The molecule has 2 heterocycles. The van der Waals surface area contributed by atoms with Crippen LogP contribution in [0.15, 0.2) is 12.3 Å². The fraction of sp³-hybridized carbons (Fsp3) is 0.650. The quantitative estimate of drug-likeness (QED) is 0.679. The highest BCUT2D eigenvalue weighted by Crippen LogP contribution is 2.22. The van der Waals surface area contributed by atoms with E-state index in [1.807, 2.05) is 6.92 Å². The number of hydrogen-bond donors (Lipinski definition) is 1. The number of aryl methyl sites for hydroxylation is 1. The zero-order valence-electron chi connectivity index (χ0n) is 16.2. The topological polar surface area (TPSA) is 68.5 Å². The van der Waals surface area contributed by atoms with Gasteiger partial charge in [0.1, 0.15) is 5.15 Å². The number of nitrogens with one attached hydrogen (secondary N) is 1. The Hall–Kier alpha value is -1.66. The maximum Gasteiger partial charge on any atom is 0.271 e. The number of nitrogens with zero attached hydrogens (tertiary/aromatic N) is 3. The number of rotatable bonds is 8. The zero-order chi connectivity index (χ0) is 19.2. The van der Waals surface area contributed by atoms with E-state index in [0.29, 0.717) is 22.6 Å². The second-order valence-electron chi connectivity index (χ2n) is 7.41. The summed E-state index contributed by atoms with van der Waals surface area (Å²) in [5.41, 5.74) is 1.97. The molecule has 1 amide bonds. The van der Waals surface area contributed by atoms with Gasteiger partial charge in [0.2, 0.25) is 0 Å². The average Bonchev–Trinajstić information content (AvgIpc) is 3.07. The molecule has 148 valence electrons. The minimum absolute atomic E-state index is 0.152. The van der Waals surface area contributed by atoms with E-state index in [0.717, 1.165) is 44.3 Å². The molecule has 0 bridgehead atoms. The van der Waals surface area contributed by atoms with Crippen LogP contribution in [0.2, 0.25) is 5.15 Å². The molecule has 0 unspecified atom stereocenters. The first-order valence-electron chi connectivity index (χ1n) is 10.0. The lowest BCUT2D eigenvalue weighted by atomic mass is 9.93. The summed E-state index contributed by atoms with van der Waals surface area (Å²) in [6.45, 7) is 4.98. The van der Waals surface area contributed by atoms with Gasteiger partial charge < -0.3 is 10.1 Å². The molecule has 2 aromatic heterocycles. The molecule has 0 radical (unpaired) electrons. The third-order valence-corrected chi connectivity index (χ3v) is 5.40. The monoisotopic (exact) mass is 392 g/mol. The molecule has 0 saturated heterocycles. The largest absolute Gasteiger partial charge is 0.378 e. The summed E-state index contributed by atoms with van der Waals surface area (Å²) in [6.07, 6.45) is 10.7. The highest BCUT2D eigenvalue weighted by atomic mass is 35.5. The summed E-state index contributed by atoms with van der Waals surface area (Å²) < 4.78 is 7.51. The zero-order valence-corrected chi connectivity index (χ0v) is 17.0. The van der Waals surface area contributed by atoms with Crippen LogP contribution in [-0.4, -0.2) is 39.3 Å². The molecule has 1 aliphatic rings. The van der Waals surface area contributed by atoms with Crippen LogP contribution in [0.1, 0.15) is 74.3 Å². The van der Waals surface area contributed by atoms with Gasteiger partial charge >= 0.3 is 0 Å². The smallest absolute Gasteiger partial charge is 0.271 e. The minimum atomic E-state index is -0.152. The van der Waals surface area contributed by atoms with E-state index in [1.54, 1.807) is 12.3 Å². The van der Waals surface area contributed by atoms with Gasteiger partial charge in [-0.25, -0.2) is 9.50 Å². The van der Waals surface area contributed by atoms with Gasteiger partial charge in [0.15, 0.2) is 11.3 Å². The summed E-state index contributed by atoms with van der Waals surface area (Å²) >= 11 is 6.03. The van der Waals surface area contributed by atoms with Crippen molar-refractivity contribution < 1.29 is 9.53 Å². The van der Waals surface area contributed by atoms with Crippen LogP contribution in [0.25, 0.3) is 5.65 Å². The molecule has 1 aliphatic carbocycles. The molecular weight excluding hydrogens is 364 g/mol. The van der Waals surface area contributed by atoms with Gasteiger partial charge in [-0.1, -0.05) is 37.8 Å². The third-order valence-electron chi connectivity index (χ3n) is 5.22. The Morgan fingerprint density at radius 2 is 2.07 bits per heavy atom. The van der Waals surface area contributed by atoms with E-state index >= 15 is 0 Å². The molecule has 1 saturated carbocycles. The Kier molecular flexibility index (Phi) is 7.07. The van der Waals surface area contributed by atoms with Crippen LogP contribution in [0, 0.1) is 6.92 Å². The van der Waals surface area contributed by atoms with Crippen LogP contribution < -0.4 is 5.32 Å². The van der Waals surface area contributed by atoms with Crippen LogP contribution in [0.3, 0.4) is 0 Å². The molecule has 0 atom stereocenters. The highest BCUT2D eigenvalue weighted by Gasteiger charge is 2.24. The van der Waals surface area contributed by atoms with Gasteiger partial charge in [-0.3, -0.25) is 4.79 Å². The van der Waals surface area contributed by atoms with E-state index in [4.69, 9.17) is 16.3 Å². The maximum atomic E-state index is 12.7. The lowest BCUT2D eigenvalue weighted by Crippen LogP contribution is -2.39. The van der Waals surface area contributed by atoms with Crippen LogP contribution >= 0.6 is 11.6 Å². The van der Waals surface area contributed by atoms with Crippen molar-refractivity contribution in [3.8, 4) is 0 Å². The number of aromatic nitrogens is 3. The van der Waals surface area contributed by atoms with Crippen LogP contribution in [0.4, 0.5) is 0 Å². The molecule has 3 rings (SSSR count). The number of unbranched alkanes of at least 4 members (excludes halogenated alkanes) is 3. The van der Waals surface area contributed by atoms with Crippen LogP contribution in [0.5, 0.6) is 0 Å². The van der Waals surface area contributed by atoms with E-state index in [9.17, 15) is 4.79 Å². The number of carbonyl (C=O) groups excluding carboxylic acids is 1. The summed E-state index contributed by atoms with van der Waals surface area (Å²) in [6, 6.07) is 1.91. The standard InChI is InChI=1S/C20H29ClN4O2/c1-3-4-5-6-11-27-16-9-7-15(8-10-16)23-20(26)17-13-22-19-14(2)12-18(21)24-25(17)19/h12-13,15-16H,3-11H2,1-2H3,(H,23,26). The van der Waals surface area contributed by atoms with Gasteiger partial charge in [0.05, 0.1) is 12.3 Å². The lowest BCUT2D eigenvalue weighted by Gasteiger charge is -2.29. The molecule has 27 heavy (non-hydrogen) atoms. The van der Waals surface area contributed by atoms with Crippen molar-refractivity contribution in [1.82, 2.24) is 19.9 Å². The SMILES string of the molecule is CCCCCCOC1CCC(NC(=O)c2cnc3c(C)cc(Cl)nn23)CC1. The van der Waals surface area contributed by atoms with E-state index < -0.39 is 0 Å². The third kappa shape index (κ3) is 5.20. The number of amides is 1. The molecule has 0 aliphatic heterocycles. The first kappa shape index (κ1) is 20.1. The van der Waals surface area contributed by atoms with Crippen molar-refractivity contribution in [2.75, 3.05) is 6.61 Å². The summed E-state index contributed by atoms with van der Waals surface area (Å²) in [7, 11) is 0. The van der Waals surface area contributed by atoms with Crippen molar-refractivity contribution >= 4 is 23.2 Å². The van der Waals surface area contributed by atoms with Crippen molar-refractivity contribution in [1.29, 1.82) is 0 Å².